The zero-order chi connectivity index (χ0) is 13.8. The summed E-state index contributed by atoms with van der Waals surface area (Å²) in [6, 6.07) is 1.90. The van der Waals surface area contributed by atoms with Crippen LogP contribution in [-0.4, -0.2) is 25.6 Å². The minimum Gasteiger partial charge on any atom is -0.370 e. The molecule has 1 N–H and O–H groups in total. The Morgan fingerprint density at radius 1 is 1.21 bits per heavy atom. The average molecular weight is 261 g/mol. The summed E-state index contributed by atoms with van der Waals surface area (Å²) in [5.41, 5.74) is 0.863. The molecule has 2 aromatic heterocycles. The van der Waals surface area contributed by atoms with Crippen molar-refractivity contribution in [2.75, 3.05) is 11.9 Å². The number of nitrogens with zero attached hydrogens (tertiary/aromatic N) is 4. The van der Waals surface area contributed by atoms with Crippen LogP contribution in [0.2, 0.25) is 0 Å². The Morgan fingerprint density at radius 2 is 1.95 bits per heavy atom. The number of aryl methyl sites for hydroxylation is 2. The van der Waals surface area contributed by atoms with Gasteiger partial charge in [-0.05, 0) is 20.8 Å². The number of aromatic nitrogens is 4. The first-order chi connectivity index (χ1) is 9.13. The van der Waals surface area contributed by atoms with Crippen molar-refractivity contribution >= 4 is 5.82 Å². The van der Waals surface area contributed by atoms with E-state index in [0.717, 1.165) is 18.1 Å². The van der Waals surface area contributed by atoms with E-state index in [-0.39, 0.29) is 5.69 Å². The smallest absolute Gasteiger partial charge is 0.328 e. The lowest BCUT2D eigenvalue weighted by atomic mass is 10.4. The molecule has 2 rings (SSSR count). The van der Waals surface area contributed by atoms with Crippen molar-refractivity contribution < 1.29 is 0 Å². The molecule has 0 aliphatic heterocycles. The molecule has 0 amide bonds. The molecule has 19 heavy (non-hydrogen) atoms. The fraction of sp³-hybridized carbons (Fsp3) is 0.462. The molecule has 0 atom stereocenters. The van der Waals surface area contributed by atoms with Gasteiger partial charge < -0.3 is 5.32 Å². The number of nitrogens with one attached hydrogen (secondary N) is 1. The first kappa shape index (κ1) is 13.3. The maximum absolute atomic E-state index is 12.0. The summed E-state index contributed by atoms with van der Waals surface area (Å²) >= 11 is 0. The molecular formula is C13H19N5O. The zero-order valence-corrected chi connectivity index (χ0v) is 11.6. The average Bonchev–Trinajstić information content (AvgIpc) is 2.70. The largest absolute Gasteiger partial charge is 0.370 e. The van der Waals surface area contributed by atoms with Gasteiger partial charge in [0.05, 0.1) is 6.54 Å². The van der Waals surface area contributed by atoms with Gasteiger partial charge >= 0.3 is 5.69 Å². The van der Waals surface area contributed by atoms with E-state index in [1.54, 1.807) is 21.5 Å². The molecule has 102 valence electrons. The lowest BCUT2D eigenvalue weighted by molar-refractivity contribution is 0.651. The van der Waals surface area contributed by atoms with E-state index >= 15 is 0 Å². The van der Waals surface area contributed by atoms with Crippen LogP contribution in [0, 0.1) is 6.92 Å². The Morgan fingerprint density at radius 3 is 2.58 bits per heavy atom. The van der Waals surface area contributed by atoms with E-state index in [1.165, 1.54) is 0 Å². The maximum atomic E-state index is 12.0. The first-order valence-corrected chi connectivity index (χ1v) is 6.48. The summed E-state index contributed by atoms with van der Waals surface area (Å²) < 4.78 is 3.27. The van der Waals surface area contributed by atoms with E-state index in [2.05, 4.69) is 15.3 Å². The second-order valence-electron chi connectivity index (χ2n) is 4.34. The van der Waals surface area contributed by atoms with Crippen LogP contribution in [0.5, 0.6) is 0 Å². The topological polar surface area (TPSA) is 64.7 Å². The summed E-state index contributed by atoms with van der Waals surface area (Å²) in [5, 5.41) is 3.16. The van der Waals surface area contributed by atoms with Gasteiger partial charge in [-0.25, -0.2) is 14.8 Å². The third-order valence-corrected chi connectivity index (χ3v) is 2.83. The Balaban J connectivity index is 2.27. The van der Waals surface area contributed by atoms with E-state index in [4.69, 9.17) is 0 Å². The molecule has 0 saturated heterocycles. The minimum absolute atomic E-state index is 0.0300. The van der Waals surface area contributed by atoms with Gasteiger partial charge in [-0.1, -0.05) is 0 Å². The van der Waals surface area contributed by atoms with Crippen LogP contribution in [0.1, 0.15) is 25.4 Å². The van der Waals surface area contributed by atoms with Gasteiger partial charge in [0.15, 0.2) is 5.82 Å². The highest BCUT2D eigenvalue weighted by Gasteiger charge is 2.06. The van der Waals surface area contributed by atoms with Crippen molar-refractivity contribution in [1.82, 2.24) is 19.1 Å². The third kappa shape index (κ3) is 3.01. The molecule has 0 saturated carbocycles. The minimum atomic E-state index is -0.0300. The fourth-order valence-corrected chi connectivity index (χ4v) is 1.94. The SMILES string of the molecule is CCNc1cc(C)nc(Cn2ccn(CC)c2=O)n1. The highest BCUT2D eigenvalue weighted by Crippen LogP contribution is 2.06. The van der Waals surface area contributed by atoms with Gasteiger partial charge in [-0.2, -0.15) is 0 Å². The quantitative estimate of drug-likeness (QED) is 0.879. The van der Waals surface area contributed by atoms with Crippen molar-refractivity contribution in [2.45, 2.75) is 33.9 Å². The number of imidazole rings is 1. The van der Waals surface area contributed by atoms with Crippen molar-refractivity contribution in [3.63, 3.8) is 0 Å². The summed E-state index contributed by atoms with van der Waals surface area (Å²) in [5.74, 6) is 1.44. The number of rotatable bonds is 5. The van der Waals surface area contributed by atoms with Gasteiger partial charge in [0.1, 0.15) is 5.82 Å². The first-order valence-electron chi connectivity index (χ1n) is 6.48. The second-order valence-corrected chi connectivity index (χ2v) is 4.34. The van der Waals surface area contributed by atoms with Crippen LogP contribution < -0.4 is 11.0 Å². The maximum Gasteiger partial charge on any atom is 0.328 e. The van der Waals surface area contributed by atoms with E-state index in [1.807, 2.05) is 26.8 Å². The number of hydrogen-bond donors (Lipinski definition) is 1. The predicted octanol–water partition coefficient (Wildman–Crippen LogP) is 1.25. The van der Waals surface area contributed by atoms with Crippen LogP contribution in [0.3, 0.4) is 0 Å². The van der Waals surface area contributed by atoms with Crippen molar-refractivity contribution in [1.29, 1.82) is 0 Å². The summed E-state index contributed by atoms with van der Waals surface area (Å²) in [7, 11) is 0. The molecule has 6 heteroatoms. The second kappa shape index (κ2) is 5.69. The van der Waals surface area contributed by atoms with Crippen LogP contribution in [0.15, 0.2) is 23.3 Å². The third-order valence-electron chi connectivity index (χ3n) is 2.83. The van der Waals surface area contributed by atoms with Crippen LogP contribution >= 0.6 is 0 Å². The molecule has 0 unspecified atom stereocenters. The van der Waals surface area contributed by atoms with Gasteiger partial charge in [-0.3, -0.25) is 9.13 Å². The van der Waals surface area contributed by atoms with Crippen LogP contribution in [-0.2, 0) is 13.1 Å². The fourth-order valence-electron chi connectivity index (χ4n) is 1.94. The van der Waals surface area contributed by atoms with Gasteiger partial charge in [0.2, 0.25) is 0 Å². The van der Waals surface area contributed by atoms with E-state index < -0.39 is 0 Å². The van der Waals surface area contributed by atoms with Crippen molar-refractivity contribution in [3.8, 4) is 0 Å². The van der Waals surface area contributed by atoms with Gasteiger partial charge in [-0.15, -0.1) is 0 Å². The molecule has 2 aromatic rings. The highest BCUT2D eigenvalue weighted by molar-refractivity contribution is 5.35. The molecule has 0 aliphatic carbocycles. The molecule has 2 heterocycles. The summed E-state index contributed by atoms with van der Waals surface area (Å²) in [6.45, 7) is 7.75. The van der Waals surface area contributed by atoms with E-state index in [0.29, 0.717) is 18.9 Å². The standard InChI is InChI=1S/C13H19N5O/c1-4-14-11-8-10(3)15-12(16-11)9-18-7-6-17(5-2)13(18)19/h6-8H,4-5,9H2,1-3H3,(H,14,15,16). The van der Waals surface area contributed by atoms with Crippen LogP contribution in [0.25, 0.3) is 0 Å². The molecule has 6 nitrogen and oxygen atoms in total. The molecule has 0 aliphatic rings. The van der Waals surface area contributed by atoms with Crippen LogP contribution in [0.4, 0.5) is 5.82 Å². The molecule has 0 aromatic carbocycles. The molecule has 0 radical (unpaired) electrons. The van der Waals surface area contributed by atoms with E-state index in [9.17, 15) is 4.79 Å². The predicted molar refractivity (Wildman–Crippen MR) is 74.4 cm³/mol. The summed E-state index contributed by atoms with van der Waals surface area (Å²) in [6.07, 6.45) is 3.55. The van der Waals surface area contributed by atoms with Gasteiger partial charge in [0, 0.05) is 37.2 Å². The summed E-state index contributed by atoms with van der Waals surface area (Å²) in [4.78, 5) is 20.7. The number of hydrogen-bond acceptors (Lipinski definition) is 4. The number of anilines is 1. The zero-order valence-electron chi connectivity index (χ0n) is 11.6. The Kier molecular flexibility index (Phi) is 3.99. The van der Waals surface area contributed by atoms with Gasteiger partial charge in [0.25, 0.3) is 0 Å². The van der Waals surface area contributed by atoms with Crippen molar-refractivity contribution in [2.24, 2.45) is 0 Å². The lowest BCUT2D eigenvalue weighted by Gasteiger charge is -2.07. The molecule has 0 bridgehead atoms. The lowest BCUT2D eigenvalue weighted by Crippen LogP contribution is -2.24. The Labute approximate surface area is 112 Å². The monoisotopic (exact) mass is 261 g/mol. The molecule has 0 fully saturated rings. The Hall–Kier alpha value is -2.11. The van der Waals surface area contributed by atoms with Crippen molar-refractivity contribution in [3.05, 3.63) is 40.5 Å². The highest BCUT2D eigenvalue weighted by atomic mass is 16.1. The molecule has 0 spiro atoms. The Bertz CT molecular complexity index is 614. The molecular weight excluding hydrogens is 242 g/mol. The normalized spacial score (nSPS) is 10.7.